The van der Waals surface area contributed by atoms with Gasteiger partial charge in [0.05, 0.1) is 5.52 Å². The third-order valence-electron chi connectivity index (χ3n) is 9.54. The normalized spacial score (nSPS) is 11.8. The lowest BCUT2D eigenvalue weighted by molar-refractivity contribution is 0.670. The summed E-state index contributed by atoms with van der Waals surface area (Å²) in [7, 11) is 0. The minimum Gasteiger partial charge on any atom is -0.455 e. The van der Waals surface area contributed by atoms with Crippen molar-refractivity contribution in [3.8, 4) is 11.1 Å². The molecule has 8 aromatic carbocycles. The molecule has 3 heteroatoms. The Hall–Kier alpha value is -6.32. The first-order chi connectivity index (χ1) is 23.3. The topological polar surface area (TPSA) is 32.2 Å². The Morgan fingerprint density at radius 1 is 0.404 bits per heavy atom. The summed E-state index contributed by atoms with van der Waals surface area (Å²) in [6.07, 6.45) is 0. The highest BCUT2D eigenvalue weighted by Crippen LogP contribution is 2.45. The number of anilines is 3. The number of hydrogen-bond donors (Lipinski definition) is 1. The standard InChI is InChI=1S/C44H28N2O/c1-3-12-30-24-32(22-20-28(30)10-1)46(33-23-21-29-11-2-4-13-31(29)25-33)34-26-39-35-14-5-7-18-41(35)45-43(39)40(27-34)38-17-9-16-37-36-15-6-8-19-42(36)47-44(37)38/h1-27,45H. The summed E-state index contributed by atoms with van der Waals surface area (Å²) < 4.78 is 6.60. The number of rotatable bonds is 4. The number of para-hydroxylation sites is 3. The van der Waals surface area contributed by atoms with E-state index in [0.717, 1.165) is 61.2 Å². The fourth-order valence-corrected chi connectivity index (χ4v) is 7.32. The molecule has 2 heterocycles. The van der Waals surface area contributed by atoms with Crippen LogP contribution < -0.4 is 4.90 Å². The molecule has 220 valence electrons. The number of H-pyrrole nitrogens is 1. The molecule has 0 unspecified atom stereocenters. The number of nitrogens with one attached hydrogen (secondary N) is 1. The van der Waals surface area contributed by atoms with Gasteiger partial charge < -0.3 is 14.3 Å². The summed E-state index contributed by atoms with van der Waals surface area (Å²) in [5, 5.41) is 9.47. The summed E-state index contributed by atoms with van der Waals surface area (Å²) in [5.74, 6) is 0. The van der Waals surface area contributed by atoms with E-state index >= 15 is 0 Å². The number of fused-ring (bicyclic) bond motifs is 8. The number of aromatic nitrogens is 1. The Morgan fingerprint density at radius 2 is 1.02 bits per heavy atom. The van der Waals surface area contributed by atoms with Gasteiger partial charge in [-0.3, -0.25) is 0 Å². The van der Waals surface area contributed by atoms with Crippen LogP contribution in [0.15, 0.2) is 168 Å². The van der Waals surface area contributed by atoms with Crippen LogP contribution in [0.25, 0.3) is 76.4 Å². The second-order valence-electron chi connectivity index (χ2n) is 12.3. The van der Waals surface area contributed by atoms with Gasteiger partial charge in [-0.05, 0) is 70.1 Å². The number of benzene rings is 8. The predicted octanol–water partition coefficient (Wildman–Crippen LogP) is 12.7. The second kappa shape index (κ2) is 10.1. The molecule has 1 N–H and O–H groups in total. The second-order valence-corrected chi connectivity index (χ2v) is 12.3. The summed E-state index contributed by atoms with van der Waals surface area (Å²) in [6.45, 7) is 0. The number of aromatic amines is 1. The highest BCUT2D eigenvalue weighted by molar-refractivity contribution is 6.17. The number of hydrogen-bond acceptors (Lipinski definition) is 2. The minimum absolute atomic E-state index is 0.896. The average molecular weight is 601 g/mol. The quantitative estimate of drug-likeness (QED) is 0.218. The maximum absolute atomic E-state index is 6.60. The van der Waals surface area contributed by atoms with Crippen molar-refractivity contribution in [2.24, 2.45) is 0 Å². The van der Waals surface area contributed by atoms with Gasteiger partial charge in [0.15, 0.2) is 0 Å². The van der Waals surface area contributed by atoms with Crippen molar-refractivity contribution in [1.29, 1.82) is 0 Å². The van der Waals surface area contributed by atoms with Gasteiger partial charge in [0, 0.05) is 55.3 Å². The molecule has 0 amide bonds. The molecular weight excluding hydrogens is 572 g/mol. The minimum atomic E-state index is 0.896. The van der Waals surface area contributed by atoms with Crippen molar-refractivity contribution in [3.05, 3.63) is 164 Å². The van der Waals surface area contributed by atoms with Crippen molar-refractivity contribution >= 4 is 82.4 Å². The molecule has 0 bridgehead atoms. The average Bonchev–Trinajstić information content (AvgIpc) is 3.70. The molecule has 0 fully saturated rings. The van der Waals surface area contributed by atoms with Gasteiger partial charge in [0.25, 0.3) is 0 Å². The fraction of sp³-hybridized carbons (Fsp3) is 0. The molecule has 0 aliphatic carbocycles. The lowest BCUT2D eigenvalue weighted by atomic mass is 9.98. The van der Waals surface area contributed by atoms with Crippen LogP contribution in [0.1, 0.15) is 0 Å². The van der Waals surface area contributed by atoms with Crippen LogP contribution in [0.5, 0.6) is 0 Å². The van der Waals surface area contributed by atoms with Crippen molar-refractivity contribution < 1.29 is 4.42 Å². The first kappa shape index (κ1) is 26.0. The predicted molar refractivity (Wildman–Crippen MR) is 198 cm³/mol. The van der Waals surface area contributed by atoms with Crippen LogP contribution in [0.2, 0.25) is 0 Å². The molecule has 47 heavy (non-hydrogen) atoms. The SMILES string of the molecule is c1ccc2cc(N(c3ccc4ccccc4c3)c3cc(-c4cccc5c4oc4ccccc45)c4[nH]c5ccccc5c4c3)ccc2c1. The van der Waals surface area contributed by atoms with E-state index in [1.54, 1.807) is 0 Å². The van der Waals surface area contributed by atoms with E-state index in [2.05, 4.69) is 168 Å². The van der Waals surface area contributed by atoms with Gasteiger partial charge in [-0.25, -0.2) is 0 Å². The lowest BCUT2D eigenvalue weighted by Gasteiger charge is -2.27. The van der Waals surface area contributed by atoms with Gasteiger partial charge in [0.1, 0.15) is 11.2 Å². The third-order valence-corrected chi connectivity index (χ3v) is 9.54. The Morgan fingerprint density at radius 3 is 1.77 bits per heavy atom. The van der Waals surface area contributed by atoms with Crippen LogP contribution in [0.3, 0.4) is 0 Å². The molecule has 0 aliphatic rings. The maximum atomic E-state index is 6.60. The van der Waals surface area contributed by atoms with E-state index < -0.39 is 0 Å². The monoisotopic (exact) mass is 600 g/mol. The van der Waals surface area contributed by atoms with E-state index in [4.69, 9.17) is 4.42 Å². The molecule has 3 nitrogen and oxygen atoms in total. The van der Waals surface area contributed by atoms with Gasteiger partial charge in [-0.15, -0.1) is 0 Å². The zero-order valence-corrected chi connectivity index (χ0v) is 25.4. The van der Waals surface area contributed by atoms with E-state index in [-0.39, 0.29) is 0 Å². The van der Waals surface area contributed by atoms with Crippen molar-refractivity contribution in [1.82, 2.24) is 4.98 Å². The zero-order chi connectivity index (χ0) is 30.9. The Labute approximate surface area is 270 Å². The first-order valence-corrected chi connectivity index (χ1v) is 16.0. The zero-order valence-electron chi connectivity index (χ0n) is 25.4. The van der Waals surface area contributed by atoms with Gasteiger partial charge >= 0.3 is 0 Å². The molecule has 0 spiro atoms. The highest BCUT2D eigenvalue weighted by Gasteiger charge is 2.21. The van der Waals surface area contributed by atoms with Crippen molar-refractivity contribution in [3.63, 3.8) is 0 Å². The van der Waals surface area contributed by atoms with Gasteiger partial charge in [-0.1, -0.05) is 115 Å². The Kier molecular flexibility index (Phi) is 5.57. The number of furan rings is 1. The number of nitrogens with zero attached hydrogens (tertiary/aromatic N) is 1. The van der Waals surface area contributed by atoms with Crippen LogP contribution in [0, 0.1) is 0 Å². The maximum Gasteiger partial charge on any atom is 0.143 e. The summed E-state index contributed by atoms with van der Waals surface area (Å²) >= 11 is 0. The van der Waals surface area contributed by atoms with E-state index in [0.29, 0.717) is 0 Å². The van der Waals surface area contributed by atoms with Crippen LogP contribution in [0.4, 0.5) is 17.1 Å². The van der Waals surface area contributed by atoms with Gasteiger partial charge in [-0.2, -0.15) is 0 Å². The first-order valence-electron chi connectivity index (χ1n) is 16.0. The smallest absolute Gasteiger partial charge is 0.143 e. The largest absolute Gasteiger partial charge is 0.455 e. The molecule has 0 saturated carbocycles. The third kappa shape index (κ3) is 4.07. The molecule has 10 aromatic rings. The molecular formula is C44H28N2O. The molecule has 0 saturated heterocycles. The van der Waals surface area contributed by atoms with Crippen molar-refractivity contribution in [2.75, 3.05) is 4.90 Å². The summed E-state index contributed by atoms with van der Waals surface area (Å²) in [4.78, 5) is 6.17. The highest BCUT2D eigenvalue weighted by atomic mass is 16.3. The van der Waals surface area contributed by atoms with E-state index in [1.807, 2.05) is 6.07 Å². The molecule has 0 aliphatic heterocycles. The molecule has 0 atom stereocenters. The lowest BCUT2D eigenvalue weighted by Crippen LogP contribution is -2.10. The van der Waals surface area contributed by atoms with Gasteiger partial charge in [0.2, 0.25) is 0 Å². The van der Waals surface area contributed by atoms with Crippen LogP contribution >= 0.6 is 0 Å². The fourth-order valence-electron chi connectivity index (χ4n) is 7.32. The Balaban J connectivity index is 1.30. The molecule has 0 radical (unpaired) electrons. The van der Waals surface area contributed by atoms with Crippen molar-refractivity contribution in [2.45, 2.75) is 0 Å². The van der Waals surface area contributed by atoms with E-state index in [9.17, 15) is 0 Å². The van der Waals surface area contributed by atoms with E-state index in [1.165, 1.54) is 32.3 Å². The Bertz CT molecular complexity index is 2740. The summed E-state index contributed by atoms with van der Waals surface area (Å²) in [5.41, 5.74) is 9.45. The van der Waals surface area contributed by atoms with Crippen LogP contribution in [-0.4, -0.2) is 4.98 Å². The summed E-state index contributed by atoms with van der Waals surface area (Å²) in [6, 6.07) is 58.6. The molecule has 2 aromatic heterocycles. The molecule has 10 rings (SSSR count). The van der Waals surface area contributed by atoms with Crippen LogP contribution in [-0.2, 0) is 0 Å².